The molecule has 0 bridgehead atoms. The molecule has 27 heavy (non-hydrogen) atoms. The number of aryl methyl sites for hydroxylation is 2. The fraction of sp³-hybridized carbons (Fsp3) is 0.0952. The highest BCUT2D eigenvalue weighted by atomic mass is 19.1. The molecule has 2 N–H and O–H groups in total. The lowest BCUT2D eigenvalue weighted by Crippen LogP contribution is -2.18. The van der Waals surface area contributed by atoms with Crippen LogP contribution in [-0.2, 0) is 0 Å². The van der Waals surface area contributed by atoms with Crippen molar-refractivity contribution in [3.63, 3.8) is 0 Å². The minimum absolute atomic E-state index is 0.0899. The molecule has 1 aromatic heterocycles. The van der Waals surface area contributed by atoms with E-state index in [4.69, 9.17) is 0 Å². The standard InChI is InChI=1S/C21H18FN3O2/c1-13-6-9-17(12-14(13)2)24-21(27)19-5-3-4-18(25-19)20(26)23-16-10-7-15(22)8-11-16/h3-12H,1-2H3,(H,23,26)(H,24,27). The Hall–Kier alpha value is -3.54. The van der Waals surface area contributed by atoms with Crippen LogP contribution in [0.5, 0.6) is 0 Å². The van der Waals surface area contributed by atoms with Crippen molar-refractivity contribution >= 4 is 23.2 Å². The van der Waals surface area contributed by atoms with Gasteiger partial charge in [0.2, 0.25) is 0 Å². The van der Waals surface area contributed by atoms with Crippen molar-refractivity contribution in [3.05, 3.63) is 89.0 Å². The number of halogens is 1. The lowest BCUT2D eigenvalue weighted by Gasteiger charge is -2.09. The third-order valence-electron chi connectivity index (χ3n) is 4.08. The zero-order valence-electron chi connectivity index (χ0n) is 14.9. The zero-order chi connectivity index (χ0) is 19.4. The van der Waals surface area contributed by atoms with E-state index in [1.807, 2.05) is 32.0 Å². The van der Waals surface area contributed by atoms with Crippen LogP contribution in [0, 0.1) is 19.7 Å². The van der Waals surface area contributed by atoms with Crippen LogP contribution in [0.4, 0.5) is 15.8 Å². The summed E-state index contributed by atoms with van der Waals surface area (Å²) in [5, 5.41) is 5.39. The first kappa shape index (κ1) is 18.3. The maximum atomic E-state index is 12.9. The summed E-state index contributed by atoms with van der Waals surface area (Å²) < 4.78 is 12.9. The van der Waals surface area contributed by atoms with E-state index in [1.165, 1.54) is 36.4 Å². The topological polar surface area (TPSA) is 71.1 Å². The van der Waals surface area contributed by atoms with Gasteiger partial charge < -0.3 is 10.6 Å². The van der Waals surface area contributed by atoms with Crippen molar-refractivity contribution in [2.24, 2.45) is 0 Å². The molecule has 0 aliphatic rings. The minimum Gasteiger partial charge on any atom is -0.321 e. The molecule has 3 rings (SSSR count). The van der Waals surface area contributed by atoms with Gasteiger partial charge in [-0.2, -0.15) is 0 Å². The molecule has 0 aliphatic carbocycles. The van der Waals surface area contributed by atoms with Crippen molar-refractivity contribution in [1.82, 2.24) is 4.98 Å². The number of hydrogen-bond donors (Lipinski definition) is 2. The summed E-state index contributed by atoms with van der Waals surface area (Å²) in [5.74, 6) is -1.28. The summed E-state index contributed by atoms with van der Waals surface area (Å²) in [6.45, 7) is 3.95. The predicted molar refractivity (Wildman–Crippen MR) is 102 cm³/mol. The van der Waals surface area contributed by atoms with E-state index < -0.39 is 17.6 Å². The van der Waals surface area contributed by atoms with Crippen LogP contribution in [-0.4, -0.2) is 16.8 Å². The smallest absolute Gasteiger partial charge is 0.274 e. The van der Waals surface area contributed by atoms with E-state index in [0.717, 1.165) is 11.1 Å². The SMILES string of the molecule is Cc1ccc(NC(=O)c2cccc(C(=O)Nc3ccc(F)cc3)n2)cc1C. The lowest BCUT2D eigenvalue weighted by atomic mass is 10.1. The number of amides is 2. The highest BCUT2D eigenvalue weighted by Gasteiger charge is 2.13. The molecule has 5 nitrogen and oxygen atoms in total. The summed E-state index contributed by atoms with van der Waals surface area (Å²) in [7, 11) is 0. The van der Waals surface area contributed by atoms with Gasteiger partial charge in [0.05, 0.1) is 0 Å². The minimum atomic E-state index is -0.484. The molecule has 0 fully saturated rings. The Morgan fingerprint density at radius 3 is 1.93 bits per heavy atom. The normalized spacial score (nSPS) is 10.3. The fourth-order valence-electron chi connectivity index (χ4n) is 2.43. The number of anilines is 2. The second-order valence-electron chi connectivity index (χ2n) is 6.12. The maximum Gasteiger partial charge on any atom is 0.274 e. The van der Waals surface area contributed by atoms with Crippen LogP contribution in [0.25, 0.3) is 0 Å². The van der Waals surface area contributed by atoms with Crippen molar-refractivity contribution in [1.29, 1.82) is 0 Å². The molecule has 0 atom stereocenters. The molecule has 0 aliphatic heterocycles. The van der Waals surface area contributed by atoms with Crippen LogP contribution < -0.4 is 10.6 Å². The number of pyridine rings is 1. The van der Waals surface area contributed by atoms with Crippen LogP contribution in [0.2, 0.25) is 0 Å². The Labute approximate surface area is 156 Å². The van der Waals surface area contributed by atoms with E-state index >= 15 is 0 Å². The van der Waals surface area contributed by atoms with Crippen molar-refractivity contribution in [3.8, 4) is 0 Å². The number of hydrogen-bond acceptors (Lipinski definition) is 3. The molecular formula is C21H18FN3O2. The van der Waals surface area contributed by atoms with Crippen molar-refractivity contribution < 1.29 is 14.0 Å². The Kier molecular flexibility index (Phi) is 5.26. The molecule has 0 saturated heterocycles. The first-order chi connectivity index (χ1) is 12.9. The number of carbonyl (C=O) groups excluding carboxylic acids is 2. The van der Waals surface area contributed by atoms with E-state index in [2.05, 4.69) is 15.6 Å². The Bertz CT molecular complexity index is 1000. The van der Waals surface area contributed by atoms with E-state index in [9.17, 15) is 14.0 Å². The van der Waals surface area contributed by atoms with Gasteiger partial charge in [-0.1, -0.05) is 12.1 Å². The first-order valence-corrected chi connectivity index (χ1v) is 8.35. The fourth-order valence-corrected chi connectivity index (χ4v) is 2.43. The summed E-state index contributed by atoms with van der Waals surface area (Å²) in [6, 6.07) is 15.6. The van der Waals surface area contributed by atoms with Gasteiger partial charge in [0.15, 0.2) is 0 Å². The van der Waals surface area contributed by atoms with Gasteiger partial charge in [0, 0.05) is 11.4 Å². The van der Waals surface area contributed by atoms with E-state index in [0.29, 0.717) is 11.4 Å². The van der Waals surface area contributed by atoms with Gasteiger partial charge >= 0.3 is 0 Å². The number of benzene rings is 2. The van der Waals surface area contributed by atoms with Gasteiger partial charge in [-0.15, -0.1) is 0 Å². The van der Waals surface area contributed by atoms with Crippen molar-refractivity contribution in [2.75, 3.05) is 10.6 Å². The molecule has 6 heteroatoms. The van der Waals surface area contributed by atoms with Gasteiger partial charge in [-0.3, -0.25) is 9.59 Å². The van der Waals surface area contributed by atoms with Crippen LogP contribution in [0.15, 0.2) is 60.7 Å². The number of aromatic nitrogens is 1. The maximum absolute atomic E-state index is 12.9. The summed E-state index contributed by atoms with van der Waals surface area (Å²) in [6.07, 6.45) is 0. The molecule has 3 aromatic rings. The summed E-state index contributed by atoms with van der Waals surface area (Å²) in [5.41, 5.74) is 3.50. The first-order valence-electron chi connectivity index (χ1n) is 8.35. The molecule has 1 heterocycles. The lowest BCUT2D eigenvalue weighted by molar-refractivity contribution is 0.101. The third kappa shape index (κ3) is 4.55. The average Bonchev–Trinajstić information content (AvgIpc) is 2.66. The van der Waals surface area contributed by atoms with Gasteiger partial charge in [0.1, 0.15) is 17.2 Å². The van der Waals surface area contributed by atoms with Crippen LogP contribution in [0.1, 0.15) is 32.1 Å². The van der Waals surface area contributed by atoms with E-state index in [1.54, 1.807) is 6.07 Å². The predicted octanol–water partition coefficient (Wildman–Crippen LogP) is 4.34. The Morgan fingerprint density at radius 2 is 1.33 bits per heavy atom. The van der Waals surface area contributed by atoms with Gasteiger partial charge in [-0.25, -0.2) is 9.37 Å². The molecule has 0 radical (unpaired) electrons. The second kappa shape index (κ2) is 7.78. The van der Waals surface area contributed by atoms with Crippen molar-refractivity contribution in [2.45, 2.75) is 13.8 Å². The number of carbonyl (C=O) groups is 2. The van der Waals surface area contributed by atoms with E-state index in [-0.39, 0.29) is 11.4 Å². The second-order valence-corrected chi connectivity index (χ2v) is 6.12. The Morgan fingerprint density at radius 1 is 0.778 bits per heavy atom. The average molecular weight is 363 g/mol. The largest absolute Gasteiger partial charge is 0.321 e. The monoisotopic (exact) mass is 363 g/mol. The molecule has 136 valence electrons. The van der Waals surface area contributed by atoms with Gasteiger partial charge in [0.25, 0.3) is 11.8 Å². The molecular weight excluding hydrogens is 345 g/mol. The van der Waals surface area contributed by atoms with Gasteiger partial charge in [-0.05, 0) is 73.5 Å². The number of nitrogens with zero attached hydrogens (tertiary/aromatic N) is 1. The van der Waals surface area contributed by atoms with Crippen LogP contribution in [0.3, 0.4) is 0 Å². The number of rotatable bonds is 4. The molecule has 2 aromatic carbocycles. The zero-order valence-corrected chi connectivity index (χ0v) is 14.9. The highest BCUT2D eigenvalue weighted by Crippen LogP contribution is 2.15. The Balaban J connectivity index is 1.73. The molecule has 0 unspecified atom stereocenters. The quantitative estimate of drug-likeness (QED) is 0.724. The number of nitrogens with one attached hydrogen (secondary N) is 2. The summed E-state index contributed by atoms with van der Waals surface area (Å²) >= 11 is 0. The molecule has 0 spiro atoms. The molecule has 2 amide bonds. The van der Waals surface area contributed by atoms with Crippen LogP contribution >= 0.6 is 0 Å². The molecule has 0 saturated carbocycles. The highest BCUT2D eigenvalue weighted by molar-refractivity contribution is 6.06. The third-order valence-corrected chi connectivity index (χ3v) is 4.08. The summed E-state index contributed by atoms with van der Waals surface area (Å²) in [4.78, 5) is 28.9.